The van der Waals surface area contributed by atoms with Gasteiger partial charge in [0, 0.05) is 24.3 Å². The van der Waals surface area contributed by atoms with Gasteiger partial charge in [-0.05, 0) is 41.3 Å². The number of benzene rings is 3. The molecule has 146 valence electrons. The van der Waals surface area contributed by atoms with Crippen molar-refractivity contribution in [2.75, 3.05) is 6.54 Å². The number of halogens is 1. The van der Waals surface area contributed by atoms with Crippen LogP contribution in [0.25, 0.3) is 11.6 Å². The molecule has 0 bridgehead atoms. The van der Waals surface area contributed by atoms with Crippen LogP contribution in [0.4, 0.5) is 10.1 Å². The topological polar surface area (TPSA) is 72.2 Å². The molecule has 6 heteroatoms. The first kappa shape index (κ1) is 19.9. The zero-order valence-electron chi connectivity index (χ0n) is 15.5. The second-order valence-corrected chi connectivity index (χ2v) is 6.41. The molecule has 0 aliphatic carbocycles. The van der Waals surface area contributed by atoms with Crippen LogP contribution in [0.2, 0.25) is 0 Å². The molecule has 3 aromatic carbocycles. The number of amides is 1. The smallest absolute Gasteiger partial charge is 0.270 e. The van der Waals surface area contributed by atoms with Crippen LogP contribution in [-0.2, 0) is 11.2 Å². The Morgan fingerprint density at radius 1 is 1.00 bits per heavy atom. The maximum Gasteiger partial charge on any atom is 0.270 e. The summed E-state index contributed by atoms with van der Waals surface area (Å²) in [7, 11) is 0. The highest BCUT2D eigenvalue weighted by Crippen LogP contribution is 2.21. The molecule has 0 spiro atoms. The first-order valence-electron chi connectivity index (χ1n) is 9.07. The number of nitro groups is 1. The predicted molar refractivity (Wildman–Crippen MR) is 111 cm³/mol. The van der Waals surface area contributed by atoms with E-state index in [0.717, 1.165) is 5.56 Å². The van der Waals surface area contributed by atoms with Crippen molar-refractivity contribution >= 4 is 23.2 Å². The fraction of sp³-hybridized carbons (Fsp3) is 0.0870. The van der Waals surface area contributed by atoms with Gasteiger partial charge in [-0.1, -0.05) is 54.6 Å². The quantitative estimate of drug-likeness (QED) is 0.277. The summed E-state index contributed by atoms with van der Waals surface area (Å²) in [6, 6.07) is 21.4. The predicted octanol–water partition coefficient (Wildman–Crippen LogP) is 4.63. The van der Waals surface area contributed by atoms with Gasteiger partial charge in [-0.15, -0.1) is 0 Å². The zero-order valence-corrected chi connectivity index (χ0v) is 15.5. The summed E-state index contributed by atoms with van der Waals surface area (Å²) in [5.41, 5.74) is 2.55. The summed E-state index contributed by atoms with van der Waals surface area (Å²) in [6.07, 6.45) is 2.19. The fourth-order valence-electron chi connectivity index (χ4n) is 2.86. The molecule has 1 N–H and O–H groups in total. The van der Waals surface area contributed by atoms with Crippen molar-refractivity contribution in [3.63, 3.8) is 0 Å². The van der Waals surface area contributed by atoms with Crippen molar-refractivity contribution in [3.8, 4) is 0 Å². The van der Waals surface area contributed by atoms with E-state index in [2.05, 4.69) is 5.32 Å². The first-order valence-corrected chi connectivity index (χ1v) is 9.07. The second kappa shape index (κ2) is 9.41. The Balaban J connectivity index is 1.80. The number of nitrogens with one attached hydrogen (secondary N) is 1. The number of hydrogen-bond donors (Lipinski definition) is 1. The van der Waals surface area contributed by atoms with Crippen LogP contribution >= 0.6 is 0 Å². The molecule has 0 aliphatic rings. The third-order valence-corrected chi connectivity index (χ3v) is 4.33. The number of carbonyl (C=O) groups is 1. The number of nitro benzene ring substituents is 1. The number of rotatable bonds is 7. The maximum absolute atomic E-state index is 13.0. The van der Waals surface area contributed by atoms with E-state index in [9.17, 15) is 19.3 Å². The van der Waals surface area contributed by atoms with Crippen LogP contribution in [0, 0.1) is 15.9 Å². The lowest BCUT2D eigenvalue weighted by Crippen LogP contribution is -2.26. The highest BCUT2D eigenvalue weighted by Gasteiger charge is 2.13. The fourth-order valence-corrected chi connectivity index (χ4v) is 2.86. The van der Waals surface area contributed by atoms with Crippen molar-refractivity contribution < 1.29 is 14.1 Å². The van der Waals surface area contributed by atoms with Gasteiger partial charge in [0.15, 0.2) is 0 Å². The third-order valence-electron chi connectivity index (χ3n) is 4.33. The number of non-ortho nitro benzene ring substituents is 1. The van der Waals surface area contributed by atoms with E-state index in [4.69, 9.17) is 0 Å². The van der Waals surface area contributed by atoms with Crippen molar-refractivity contribution in [3.05, 3.63) is 111 Å². The Hall–Kier alpha value is -3.80. The number of nitrogens with zero attached hydrogens (tertiary/aromatic N) is 1. The molecule has 1 amide bonds. The van der Waals surface area contributed by atoms with Crippen molar-refractivity contribution in [2.24, 2.45) is 0 Å². The van der Waals surface area contributed by atoms with Crippen LogP contribution in [0.5, 0.6) is 0 Å². The minimum atomic E-state index is -0.470. The van der Waals surface area contributed by atoms with Gasteiger partial charge in [0.2, 0.25) is 0 Å². The third kappa shape index (κ3) is 5.59. The molecule has 0 atom stereocenters. The second-order valence-electron chi connectivity index (χ2n) is 6.41. The molecule has 0 saturated heterocycles. The maximum atomic E-state index is 13.0. The van der Waals surface area contributed by atoms with Gasteiger partial charge in [-0.3, -0.25) is 14.9 Å². The van der Waals surface area contributed by atoms with Gasteiger partial charge in [-0.2, -0.15) is 0 Å². The molecule has 5 nitrogen and oxygen atoms in total. The van der Waals surface area contributed by atoms with E-state index in [1.807, 2.05) is 30.3 Å². The SMILES string of the molecule is O=C(NCCc1ccc(F)cc1)/C(=C/c1cccc([N+](=O)[O-])c1)c1ccccc1. The van der Waals surface area contributed by atoms with Crippen LogP contribution < -0.4 is 5.32 Å². The van der Waals surface area contributed by atoms with E-state index in [1.54, 1.807) is 30.3 Å². The molecule has 29 heavy (non-hydrogen) atoms. The number of hydrogen-bond acceptors (Lipinski definition) is 3. The summed E-state index contributed by atoms with van der Waals surface area (Å²) < 4.78 is 13.0. The van der Waals surface area contributed by atoms with Gasteiger partial charge in [-0.25, -0.2) is 4.39 Å². The number of carbonyl (C=O) groups excluding carboxylic acids is 1. The van der Waals surface area contributed by atoms with Gasteiger partial charge in [0.05, 0.1) is 4.92 Å². The molecule has 0 fully saturated rings. The highest BCUT2D eigenvalue weighted by atomic mass is 19.1. The Labute approximate surface area is 167 Å². The van der Waals surface area contributed by atoms with Gasteiger partial charge in [0.1, 0.15) is 5.82 Å². The molecule has 0 aromatic heterocycles. The Morgan fingerprint density at radius 2 is 1.72 bits per heavy atom. The highest BCUT2D eigenvalue weighted by molar-refractivity contribution is 6.24. The lowest BCUT2D eigenvalue weighted by Gasteiger charge is -2.10. The molecule has 0 radical (unpaired) electrons. The summed E-state index contributed by atoms with van der Waals surface area (Å²) >= 11 is 0. The summed E-state index contributed by atoms with van der Waals surface area (Å²) in [5.74, 6) is -0.589. The summed E-state index contributed by atoms with van der Waals surface area (Å²) in [6.45, 7) is 0.379. The molecule has 0 aliphatic heterocycles. The standard InChI is InChI=1S/C23H19FN2O3/c24-20-11-9-17(10-12-20)13-14-25-23(27)22(19-6-2-1-3-7-19)16-18-5-4-8-21(15-18)26(28)29/h1-12,15-16H,13-14H2,(H,25,27)/b22-16+. The molecule has 0 unspecified atom stereocenters. The minimum absolute atomic E-state index is 0.0390. The van der Waals surface area contributed by atoms with E-state index in [1.165, 1.54) is 24.3 Å². The normalized spacial score (nSPS) is 11.1. The average molecular weight is 390 g/mol. The first-order chi connectivity index (χ1) is 14.0. The van der Waals surface area contributed by atoms with E-state index < -0.39 is 4.92 Å². The van der Waals surface area contributed by atoms with E-state index in [0.29, 0.717) is 29.7 Å². The molecular formula is C23H19FN2O3. The molecule has 0 saturated carbocycles. The lowest BCUT2D eigenvalue weighted by atomic mass is 10.0. The van der Waals surface area contributed by atoms with Crippen LogP contribution in [-0.4, -0.2) is 17.4 Å². The van der Waals surface area contributed by atoms with Gasteiger partial charge in [0.25, 0.3) is 11.6 Å². The summed E-state index contributed by atoms with van der Waals surface area (Å²) in [4.78, 5) is 23.4. The van der Waals surface area contributed by atoms with Gasteiger partial charge >= 0.3 is 0 Å². The molecule has 3 rings (SSSR count). The van der Waals surface area contributed by atoms with Crippen LogP contribution in [0.15, 0.2) is 78.9 Å². The zero-order chi connectivity index (χ0) is 20.6. The Morgan fingerprint density at radius 3 is 2.41 bits per heavy atom. The minimum Gasteiger partial charge on any atom is -0.352 e. The van der Waals surface area contributed by atoms with E-state index >= 15 is 0 Å². The monoisotopic (exact) mass is 390 g/mol. The van der Waals surface area contributed by atoms with Crippen LogP contribution in [0.3, 0.4) is 0 Å². The van der Waals surface area contributed by atoms with Crippen molar-refractivity contribution in [2.45, 2.75) is 6.42 Å². The Kier molecular flexibility index (Phi) is 6.47. The average Bonchev–Trinajstić information content (AvgIpc) is 2.74. The largest absolute Gasteiger partial charge is 0.352 e. The lowest BCUT2D eigenvalue weighted by molar-refractivity contribution is -0.384. The van der Waals surface area contributed by atoms with Crippen molar-refractivity contribution in [1.29, 1.82) is 0 Å². The molecular weight excluding hydrogens is 371 g/mol. The van der Waals surface area contributed by atoms with Gasteiger partial charge < -0.3 is 5.32 Å². The van der Waals surface area contributed by atoms with E-state index in [-0.39, 0.29) is 17.4 Å². The molecule has 0 heterocycles. The van der Waals surface area contributed by atoms with Crippen molar-refractivity contribution in [1.82, 2.24) is 5.32 Å². The summed E-state index contributed by atoms with van der Waals surface area (Å²) in [5, 5.41) is 13.9. The van der Waals surface area contributed by atoms with Crippen LogP contribution in [0.1, 0.15) is 16.7 Å². The molecule has 3 aromatic rings. The Bertz CT molecular complexity index is 1030.